The Bertz CT molecular complexity index is 1340. The molecule has 0 fully saturated rings. The summed E-state index contributed by atoms with van der Waals surface area (Å²) >= 11 is 13.9. The normalized spacial score (nSPS) is 10.6. The van der Waals surface area contributed by atoms with Gasteiger partial charge in [0.25, 0.3) is 5.91 Å². The lowest BCUT2D eigenvalue weighted by atomic mass is 10.2. The van der Waals surface area contributed by atoms with Gasteiger partial charge >= 0.3 is 11.8 Å². The fourth-order valence-corrected chi connectivity index (χ4v) is 4.16. The molecule has 0 aromatic heterocycles. The number of nitrogens with zero attached hydrogens (tertiary/aromatic N) is 1. The van der Waals surface area contributed by atoms with Gasteiger partial charge in [0.15, 0.2) is 18.1 Å². The van der Waals surface area contributed by atoms with E-state index in [0.717, 1.165) is 12.1 Å². The van der Waals surface area contributed by atoms with E-state index in [2.05, 4.69) is 21.2 Å². The number of hydrogen-bond donors (Lipinski definition) is 3. The van der Waals surface area contributed by atoms with Crippen LogP contribution >= 0.6 is 45.8 Å². The van der Waals surface area contributed by atoms with Crippen LogP contribution in [-0.4, -0.2) is 37.7 Å². The highest BCUT2D eigenvalue weighted by Gasteiger charge is 2.15. The zero-order chi connectivity index (χ0) is 26.9. The standard InChI is InChI=1S/C24H18Cl2FIN4O5/c1-36-20-7-13(11-29-32-24(35)23(34)31-17-4-2-16(27)3-5-17)6-19(28)22(20)37-12-21(33)30-18-9-14(25)8-15(26)10-18/h2-11H,12H2,1H3,(H,30,33)(H,31,34)(H,32,35)/b29-11-. The summed E-state index contributed by atoms with van der Waals surface area (Å²) in [5.74, 6) is -2.27. The quantitative estimate of drug-likeness (QED) is 0.138. The SMILES string of the molecule is COc1cc(/C=N\NC(=O)C(=O)Nc2ccc(F)cc2)cc(I)c1OCC(=O)Nc1cc(Cl)cc(Cl)c1. The predicted molar refractivity (Wildman–Crippen MR) is 147 cm³/mol. The molecule has 0 bridgehead atoms. The number of hydrogen-bond acceptors (Lipinski definition) is 6. The Balaban J connectivity index is 1.58. The van der Waals surface area contributed by atoms with Gasteiger partial charge in [-0.15, -0.1) is 0 Å². The van der Waals surface area contributed by atoms with Crippen LogP contribution in [0.5, 0.6) is 11.5 Å². The van der Waals surface area contributed by atoms with Crippen LogP contribution in [0.1, 0.15) is 5.56 Å². The molecule has 192 valence electrons. The molecule has 9 nitrogen and oxygen atoms in total. The van der Waals surface area contributed by atoms with Gasteiger partial charge in [0, 0.05) is 21.4 Å². The van der Waals surface area contributed by atoms with Gasteiger partial charge in [0.1, 0.15) is 5.82 Å². The molecular weight excluding hydrogens is 641 g/mol. The third kappa shape index (κ3) is 8.58. The van der Waals surface area contributed by atoms with E-state index in [1.165, 1.54) is 25.5 Å². The van der Waals surface area contributed by atoms with Crippen molar-refractivity contribution < 1.29 is 28.2 Å². The van der Waals surface area contributed by atoms with Gasteiger partial charge in [-0.3, -0.25) is 14.4 Å². The molecule has 13 heteroatoms. The summed E-state index contributed by atoms with van der Waals surface area (Å²) in [6, 6.07) is 12.8. The van der Waals surface area contributed by atoms with Crippen molar-refractivity contribution in [2.45, 2.75) is 0 Å². The molecule has 0 unspecified atom stereocenters. The van der Waals surface area contributed by atoms with Crippen LogP contribution in [0.2, 0.25) is 10.0 Å². The van der Waals surface area contributed by atoms with Gasteiger partial charge in [0.2, 0.25) is 0 Å². The van der Waals surface area contributed by atoms with Crippen molar-refractivity contribution in [3.05, 3.63) is 79.6 Å². The second-order valence-electron chi connectivity index (χ2n) is 7.19. The Hall–Kier alpha value is -3.42. The molecule has 0 saturated heterocycles. The monoisotopic (exact) mass is 658 g/mol. The second kappa shape index (κ2) is 13.2. The summed E-state index contributed by atoms with van der Waals surface area (Å²) in [5, 5.41) is 9.48. The number of methoxy groups -OCH3 is 1. The van der Waals surface area contributed by atoms with Crippen molar-refractivity contribution in [2.75, 3.05) is 24.4 Å². The molecule has 3 N–H and O–H groups in total. The van der Waals surface area contributed by atoms with Crippen LogP contribution in [-0.2, 0) is 14.4 Å². The van der Waals surface area contributed by atoms with Crippen molar-refractivity contribution in [1.82, 2.24) is 5.43 Å². The van der Waals surface area contributed by atoms with Crippen molar-refractivity contribution in [1.29, 1.82) is 0 Å². The Morgan fingerprint density at radius 2 is 1.65 bits per heavy atom. The van der Waals surface area contributed by atoms with E-state index < -0.39 is 23.5 Å². The highest BCUT2D eigenvalue weighted by molar-refractivity contribution is 14.1. The number of hydrazone groups is 1. The van der Waals surface area contributed by atoms with Crippen LogP contribution in [0.3, 0.4) is 0 Å². The maximum absolute atomic E-state index is 12.9. The zero-order valence-electron chi connectivity index (χ0n) is 19.0. The average Bonchev–Trinajstić information content (AvgIpc) is 2.83. The number of rotatable bonds is 8. The van der Waals surface area contributed by atoms with Gasteiger partial charge in [-0.25, -0.2) is 9.82 Å². The van der Waals surface area contributed by atoms with E-state index in [1.807, 2.05) is 22.6 Å². The van der Waals surface area contributed by atoms with E-state index in [0.29, 0.717) is 36.4 Å². The number of halogens is 4. The van der Waals surface area contributed by atoms with Gasteiger partial charge in [-0.1, -0.05) is 23.2 Å². The number of anilines is 2. The molecule has 3 aromatic rings. The first-order valence-electron chi connectivity index (χ1n) is 10.3. The highest BCUT2D eigenvalue weighted by Crippen LogP contribution is 2.33. The molecule has 3 rings (SSSR count). The maximum atomic E-state index is 12.9. The molecule has 0 spiro atoms. The topological polar surface area (TPSA) is 118 Å². The molecule has 3 aromatic carbocycles. The molecule has 0 heterocycles. The summed E-state index contributed by atoms with van der Waals surface area (Å²) < 4.78 is 24.5. The lowest BCUT2D eigenvalue weighted by molar-refractivity contribution is -0.136. The van der Waals surface area contributed by atoms with Crippen molar-refractivity contribution in [2.24, 2.45) is 5.10 Å². The minimum Gasteiger partial charge on any atom is -0.493 e. The van der Waals surface area contributed by atoms with Crippen LogP contribution in [0.25, 0.3) is 0 Å². The number of amides is 3. The molecule has 0 aliphatic carbocycles. The number of benzene rings is 3. The molecule has 0 saturated carbocycles. The number of carbonyl (C=O) groups is 3. The maximum Gasteiger partial charge on any atom is 0.329 e. The summed E-state index contributed by atoms with van der Waals surface area (Å²) in [5.41, 5.74) is 3.30. The molecule has 3 amide bonds. The largest absolute Gasteiger partial charge is 0.493 e. The Kier molecular flexibility index (Phi) is 10.1. The van der Waals surface area contributed by atoms with Crippen molar-refractivity contribution in [3.8, 4) is 11.5 Å². The summed E-state index contributed by atoms with van der Waals surface area (Å²) in [7, 11) is 1.43. The summed E-state index contributed by atoms with van der Waals surface area (Å²) in [6.45, 7) is -0.316. The minimum atomic E-state index is -1.02. The Morgan fingerprint density at radius 1 is 0.973 bits per heavy atom. The molecular formula is C24H18Cl2FIN4O5. The van der Waals surface area contributed by atoms with E-state index in [1.54, 1.807) is 30.3 Å². The summed E-state index contributed by atoms with van der Waals surface area (Å²) in [4.78, 5) is 36.2. The van der Waals surface area contributed by atoms with E-state index >= 15 is 0 Å². The molecule has 37 heavy (non-hydrogen) atoms. The number of carbonyl (C=O) groups excluding carboxylic acids is 3. The van der Waals surface area contributed by atoms with Gasteiger partial charge < -0.3 is 20.1 Å². The van der Waals surface area contributed by atoms with E-state index in [-0.39, 0.29) is 12.3 Å². The molecule has 0 atom stereocenters. The Morgan fingerprint density at radius 3 is 2.30 bits per heavy atom. The smallest absolute Gasteiger partial charge is 0.329 e. The van der Waals surface area contributed by atoms with Crippen LogP contribution in [0, 0.1) is 9.39 Å². The third-order valence-electron chi connectivity index (χ3n) is 4.43. The van der Waals surface area contributed by atoms with E-state index in [4.69, 9.17) is 32.7 Å². The van der Waals surface area contributed by atoms with Crippen molar-refractivity contribution in [3.63, 3.8) is 0 Å². The van der Waals surface area contributed by atoms with Gasteiger partial charge in [-0.05, 0) is 82.8 Å². The second-order valence-corrected chi connectivity index (χ2v) is 9.22. The van der Waals surface area contributed by atoms with Crippen LogP contribution in [0.4, 0.5) is 15.8 Å². The minimum absolute atomic E-state index is 0.255. The number of nitrogens with one attached hydrogen (secondary N) is 3. The molecule has 0 radical (unpaired) electrons. The van der Waals surface area contributed by atoms with Crippen LogP contribution in [0.15, 0.2) is 59.7 Å². The number of ether oxygens (including phenoxy) is 2. The zero-order valence-corrected chi connectivity index (χ0v) is 22.7. The first kappa shape index (κ1) is 28.2. The third-order valence-corrected chi connectivity index (χ3v) is 5.67. The average molecular weight is 659 g/mol. The Labute approximate surface area is 234 Å². The van der Waals surface area contributed by atoms with Crippen molar-refractivity contribution >= 4 is 81.1 Å². The van der Waals surface area contributed by atoms with Crippen LogP contribution < -0.4 is 25.5 Å². The fraction of sp³-hybridized carbons (Fsp3) is 0.0833. The predicted octanol–water partition coefficient (Wildman–Crippen LogP) is 4.85. The first-order valence-corrected chi connectivity index (χ1v) is 12.1. The van der Waals surface area contributed by atoms with Gasteiger partial charge in [-0.2, -0.15) is 5.10 Å². The lowest BCUT2D eigenvalue weighted by Gasteiger charge is -2.13. The lowest BCUT2D eigenvalue weighted by Crippen LogP contribution is -2.32. The van der Waals surface area contributed by atoms with Gasteiger partial charge in [0.05, 0.1) is 16.9 Å². The molecule has 0 aliphatic heterocycles. The molecule has 0 aliphatic rings. The summed E-state index contributed by atoms with van der Waals surface area (Å²) in [6.07, 6.45) is 1.30. The first-order chi connectivity index (χ1) is 17.6. The fourth-order valence-electron chi connectivity index (χ4n) is 2.85. The highest BCUT2D eigenvalue weighted by atomic mass is 127. The van der Waals surface area contributed by atoms with E-state index in [9.17, 15) is 18.8 Å².